The maximum Gasteiger partial charge on any atom is 0.253 e. The summed E-state index contributed by atoms with van der Waals surface area (Å²) in [5.74, 6) is -0.107. The molecule has 0 saturated carbocycles. The van der Waals surface area contributed by atoms with Crippen molar-refractivity contribution in [3.8, 4) is 0 Å². The lowest BCUT2D eigenvalue weighted by molar-refractivity contribution is -0.120. The van der Waals surface area contributed by atoms with Gasteiger partial charge in [0.25, 0.3) is 5.91 Å². The van der Waals surface area contributed by atoms with E-state index in [-0.39, 0.29) is 23.3 Å². The summed E-state index contributed by atoms with van der Waals surface area (Å²) >= 11 is 5.98. The molecule has 2 aliphatic heterocycles. The maximum atomic E-state index is 12.9. The number of hydrogen-bond donors (Lipinski definition) is 1. The van der Waals surface area contributed by atoms with Crippen molar-refractivity contribution >= 4 is 39.1 Å². The Kier molecular flexibility index (Phi) is 6.02. The predicted octanol–water partition coefficient (Wildman–Crippen LogP) is 1.33. The highest BCUT2D eigenvalue weighted by Crippen LogP contribution is 2.30. The highest BCUT2D eigenvalue weighted by Gasteiger charge is 2.29. The van der Waals surface area contributed by atoms with Gasteiger partial charge in [-0.15, -0.1) is 0 Å². The molecule has 164 valence electrons. The van der Waals surface area contributed by atoms with Gasteiger partial charge in [0.2, 0.25) is 15.9 Å². The molecule has 2 N–H and O–H groups in total. The first-order valence-corrected chi connectivity index (χ1v) is 11.9. The average molecular weight is 463 g/mol. The number of nitrogens with two attached hydrogens (primary N) is 1. The molecule has 0 atom stereocenters. The van der Waals surface area contributed by atoms with E-state index in [1.54, 1.807) is 40.1 Å². The molecule has 2 aromatic rings. The zero-order valence-electron chi connectivity index (χ0n) is 16.8. The van der Waals surface area contributed by atoms with Crippen LogP contribution in [0.2, 0.25) is 5.02 Å². The number of carbonyl (C=O) groups excluding carboxylic acids is 2. The second-order valence-corrected chi connectivity index (χ2v) is 9.71. The van der Waals surface area contributed by atoms with Gasteiger partial charge >= 0.3 is 0 Å². The van der Waals surface area contributed by atoms with Gasteiger partial charge in [0.1, 0.15) is 0 Å². The van der Waals surface area contributed by atoms with Gasteiger partial charge in [-0.1, -0.05) is 17.7 Å². The van der Waals surface area contributed by atoms with Gasteiger partial charge in [-0.3, -0.25) is 14.5 Å². The summed E-state index contributed by atoms with van der Waals surface area (Å²) in [6.07, 6.45) is 0.590. The smallest absolute Gasteiger partial charge is 0.253 e. The minimum absolute atomic E-state index is 0.0447. The molecule has 2 aliphatic rings. The van der Waals surface area contributed by atoms with Crippen LogP contribution in [0.15, 0.2) is 47.4 Å². The Labute approximate surface area is 186 Å². The molecule has 8 nitrogen and oxygen atoms in total. The Hall–Kier alpha value is -2.46. The molecule has 0 aliphatic carbocycles. The summed E-state index contributed by atoms with van der Waals surface area (Å²) in [6.45, 7) is 3.02. The number of sulfonamides is 1. The number of benzene rings is 2. The van der Waals surface area contributed by atoms with Crippen LogP contribution in [0.25, 0.3) is 0 Å². The first-order chi connectivity index (χ1) is 14.7. The molecule has 10 heteroatoms. The first-order valence-electron chi connectivity index (χ1n) is 9.96. The lowest BCUT2D eigenvalue weighted by Gasteiger charge is -2.35. The Bertz CT molecular complexity index is 1130. The van der Waals surface area contributed by atoms with Crippen LogP contribution < -0.4 is 10.0 Å². The topological polar surface area (TPSA) is 104 Å². The number of carbonyl (C=O) groups is 2. The Morgan fingerprint density at radius 2 is 1.74 bits per heavy atom. The van der Waals surface area contributed by atoms with Crippen molar-refractivity contribution < 1.29 is 18.0 Å². The second-order valence-electron chi connectivity index (χ2n) is 7.71. The van der Waals surface area contributed by atoms with Gasteiger partial charge in [-0.05, 0) is 48.4 Å². The maximum absolute atomic E-state index is 12.9. The van der Waals surface area contributed by atoms with Gasteiger partial charge in [0, 0.05) is 49.0 Å². The average Bonchev–Trinajstić information content (AvgIpc) is 3.17. The van der Waals surface area contributed by atoms with Crippen LogP contribution in [0.4, 0.5) is 5.69 Å². The number of piperazine rings is 1. The third-order valence-electron chi connectivity index (χ3n) is 5.67. The Morgan fingerprint density at radius 3 is 2.42 bits per heavy atom. The molecule has 2 amide bonds. The number of halogens is 1. The number of primary sulfonamides is 1. The monoisotopic (exact) mass is 462 g/mol. The van der Waals surface area contributed by atoms with Crippen molar-refractivity contribution in [1.29, 1.82) is 0 Å². The summed E-state index contributed by atoms with van der Waals surface area (Å²) in [4.78, 5) is 31.1. The van der Waals surface area contributed by atoms with E-state index in [0.29, 0.717) is 49.7 Å². The first kappa shape index (κ1) is 21.8. The number of nitrogens with zero attached hydrogens (tertiary/aromatic N) is 3. The van der Waals surface area contributed by atoms with E-state index in [1.807, 2.05) is 4.90 Å². The number of amides is 2. The van der Waals surface area contributed by atoms with E-state index in [4.69, 9.17) is 16.7 Å². The lowest BCUT2D eigenvalue weighted by atomic mass is 10.1. The molecule has 2 heterocycles. The molecule has 31 heavy (non-hydrogen) atoms. The molecule has 2 aromatic carbocycles. The van der Waals surface area contributed by atoms with Gasteiger partial charge in [0.15, 0.2) is 0 Å². The van der Waals surface area contributed by atoms with Gasteiger partial charge in [-0.25, -0.2) is 13.6 Å². The standard InChI is InChI=1S/C21H23ClN4O4S/c22-17-3-1-2-16(12-17)21(28)25-10-8-24(9-11-25)14-20(27)26-7-6-15-13-18(31(23,29)30)4-5-19(15)26/h1-5,12-13H,6-11,14H2,(H2,23,29,30). The zero-order chi connectivity index (χ0) is 22.2. The molecule has 0 bridgehead atoms. The molecule has 1 fully saturated rings. The van der Waals surface area contributed by atoms with E-state index in [0.717, 1.165) is 11.3 Å². The minimum Gasteiger partial charge on any atom is -0.336 e. The zero-order valence-corrected chi connectivity index (χ0v) is 18.4. The summed E-state index contributed by atoms with van der Waals surface area (Å²) in [7, 11) is -3.77. The van der Waals surface area contributed by atoms with Crippen LogP contribution in [0.3, 0.4) is 0 Å². The molecular weight excluding hydrogens is 440 g/mol. The molecule has 0 aromatic heterocycles. The van der Waals surface area contributed by atoms with Crippen LogP contribution in [0.1, 0.15) is 15.9 Å². The fourth-order valence-corrected chi connectivity index (χ4v) is 4.76. The van der Waals surface area contributed by atoms with E-state index < -0.39 is 10.0 Å². The number of fused-ring (bicyclic) bond motifs is 1. The van der Waals surface area contributed by atoms with Gasteiger partial charge in [-0.2, -0.15) is 0 Å². The second kappa shape index (κ2) is 8.58. The highest BCUT2D eigenvalue weighted by molar-refractivity contribution is 7.89. The molecule has 0 radical (unpaired) electrons. The van der Waals surface area contributed by atoms with Crippen LogP contribution in [-0.2, 0) is 21.2 Å². The van der Waals surface area contributed by atoms with Crippen molar-refractivity contribution in [3.63, 3.8) is 0 Å². The Balaban J connectivity index is 1.35. The lowest BCUT2D eigenvalue weighted by Crippen LogP contribution is -2.51. The molecule has 0 unspecified atom stereocenters. The fourth-order valence-electron chi connectivity index (χ4n) is 4.00. The summed E-state index contributed by atoms with van der Waals surface area (Å²) < 4.78 is 23.1. The largest absolute Gasteiger partial charge is 0.336 e. The highest BCUT2D eigenvalue weighted by atomic mass is 35.5. The third kappa shape index (κ3) is 4.74. The van der Waals surface area contributed by atoms with Crippen molar-refractivity contribution in [2.24, 2.45) is 5.14 Å². The van der Waals surface area contributed by atoms with Crippen LogP contribution >= 0.6 is 11.6 Å². The normalized spacial score (nSPS) is 17.0. The van der Waals surface area contributed by atoms with Crippen molar-refractivity contribution in [2.45, 2.75) is 11.3 Å². The number of anilines is 1. The van der Waals surface area contributed by atoms with Crippen LogP contribution in [-0.4, -0.2) is 69.3 Å². The van der Waals surface area contributed by atoms with Crippen molar-refractivity contribution in [1.82, 2.24) is 9.80 Å². The predicted molar refractivity (Wildman–Crippen MR) is 118 cm³/mol. The van der Waals surface area contributed by atoms with Gasteiger partial charge in [0.05, 0.1) is 11.4 Å². The summed E-state index contributed by atoms with van der Waals surface area (Å²) in [5.41, 5.74) is 2.09. The molecule has 0 spiro atoms. The minimum atomic E-state index is -3.77. The van der Waals surface area contributed by atoms with E-state index in [9.17, 15) is 18.0 Å². The van der Waals surface area contributed by atoms with E-state index in [1.165, 1.54) is 12.1 Å². The Morgan fingerprint density at radius 1 is 1.00 bits per heavy atom. The van der Waals surface area contributed by atoms with Crippen molar-refractivity contribution in [3.05, 3.63) is 58.6 Å². The van der Waals surface area contributed by atoms with E-state index >= 15 is 0 Å². The summed E-state index contributed by atoms with van der Waals surface area (Å²) in [5, 5.41) is 5.72. The summed E-state index contributed by atoms with van der Waals surface area (Å²) in [6, 6.07) is 11.5. The van der Waals surface area contributed by atoms with E-state index in [2.05, 4.69) is 0 Å². The molecule has 1 saturated heterocycles. The number of rotatable bonds is 4. The number of hydrogen-bond acceptors (Lipinski definition) is 5. The molecular formula is C21H23ClN4O4S. The third-order valence-corrected chi connectivity index (χ3v) is 6.81. The molecule has 4 rings (SSSR count). The quantitative estimate of drug-likeness (QED) is 0.738. The van der Waals surface area contributed by atoms with Gasteiger partial charge < -0.3 is 9.80 Å². The SMILES string of the molecule is NS(=O)(=O)c1ccc2c(c1)CCN2C(=O)CN1CCN(C(=O)c2cccc(Cl)c2)CC1. The van der Waals surface area contributed by atoms with Crippen LogP contribution in [0.5, 0.6) is 0 Å². The van der Waals surface area contributed by atoms with Crippen molar-refractivity contribution in [2.75, 3.05) is 44.2 Å². The van der Waals surface area contributed by atoms with Crippen LogP contribution in [0, 0.1) is 0 Å². The fraction of sp³-hybridized carbons (Fsp3) is 0.333.